The zero-order valence-corrected chi connectivity index (χ0v) is 9.00. The molecule has 0 aliphatic heterocycles. The Balaban J connectivity index is 3.04. The fraction of sp³-hybridized carbons (Fsp3) is 0.286. The first kappa shape index (κ1) is 10.8. The van der Waals surface area contributed by atoms with Crippen molar-refractivity contribution in [2.24, 2.45) is 0 Å². The quantitative estimate of drug-likeness (QED) is 0.852. The van der Waals surface area contributed by atoms with Crippen molar-refractivity contribution in [1.29, 1.82) is 0 Å². The number of thiophene rings is 1. The molecule has 0 aliphatic carbocycles. The van der Waals surface area contributed by atoms with Crippen molar-refractivity contribution < 1.29 is 9.90 Å². The Morgan fingerprint density at radius 2 is 2.31 bits per heavy atom. The second kappa shape index (κ2) is 4.28. The summed E-state index contributed by atoms with van der Waals surface area (Å²) in [5.41, 5.74) is 0.506. The standard InChI is InChI=1S/C7H7Cl2NO2S/c1-10-5(7(11)12)3-2-4(8)13-6(3)9/h2,5,10H,1H3,(H,11,12). The van der Waals surface area contributed by atoms with Gasteiger partial charge in [0.25, 0.3) is 0 Å². The molecule has 1 heterocycles. The molecular formula is C7H7Cl2NO2S. The van der Waals surface area contributed by atoms with E-state index in [4.69, 9.17) is 28.3 Å². The average molecular weight is 240 g/mol. The van der Waals surface area contributed by atoms with Crippen LogP contribution in [0.15, 0.2) is 6.07 Å². The third-order valence-corrected chi connectivity index (χ3v) is 3.05. The van der Waals surface area contributed by atoms with Gasteiger partial charge in [0.05, 0.1) is 8.67 Å². The molecule has 0 saturated carbocycles. The van der Waals surface area contributed by atoms with E-state index in [0.29, 0.717) is 14.2 Å². The SMILES string of the molecule is CNC(C(=O)O)c1cc(Cl)sc1Cl. The minimum Gasteiger partial charge on any atom is -0.480 e. The number of likely N-dealkylation sites (N-methyl/N-ethyl adjacent to an activating group) is 1. The molecule has 1 aromatic rings. The first-order chi connectivity index (χ1) is 6.06. The van der Waals surface area contributed by atoms with Crippen molar-refractivity contribution in [3.8, 4) is 0 Å². The molecule has 0 aromatic carbocycles. The number of nitrogens with one attached hydrogen (secondary N) is 1. The monoisotopic (exact) mass is 239 g/mol. The molecule has 6 heteroatoms. The van der Waals surface area contributed by atoms with E-state index >= 15 is 0 Å². The van der Waals surface area contributed by atoms with E-state index in [-0.39, 0.29) is 0 Å². The third kappa shape index (κ3) is 2.34. The minimum atomic E-state index is -0.973. The lowest BCUT2D eigenvalue weighted by atomic mass is 10.1. The molecular weight excluding hydrogens is 233 g/mol. The molecule has 3 nitrogen and oxygen atoms in total. The number of carboxylic acids is 1. The fourth-order valence-corrected chi connectivity index (χ4v) is 2.49. The maximum absolute atomic E-state index is 10.7. The van der Waals surface area contributed by atoms with Crippen LogP contribution >= 0.6 is 34.5 Å². The lowest BCUT2D eigenvalue weighted by Gasteiger charge is -2.08. The van der Waals surface area contributed by atoms with Crippen LogP contribution in [0.4, 0.5) is 0 Å². The van der Waals surface area contributed by atoms with Gasteiger partial charge >= 0.3 is 5.97 Å². The minimum absolute atomic E-state index is 0.409. The Morgan fingerprint density at radius 3 is 2.62 bits per heavy atom. The molecule has 1 rings (SSSR count). The van der Waals surface area contributed by atoms with Gasteiger partial charge < -0.3 is 10.4 Å². The summed E-state index contributed by atoms with van der Waals surface area (Å²) >= 11 is 12.6. The van der Waals surface area contributed by atoms with Gasteiger partial charge in [-0.3, -0.25) is 4.79 Å². The number of carbonyl (C=O) groups is 1. The highest BCUT2D eigenvalue weighted by molar-refractivity contribution is 7.20. The van der Waals surface area contributed by atoms with E-state index in [0.717, 1.165) is 11.3 Å². The molecule has 1 aromatic heterocycles. The van der Waals surface area contributed by atoms with Crippen LogP contribution in [-0.2, 0) is 4.79 Å². The van der Waals surface area contributed by atoms with Crippen LogP contribution in [0.25, 0.3) is 0 Å². The number of hydrogen-bond acceptors (Lipinski definition) is 3. The molecule has 0 aliphatic rings. The fourth-order valence-electron chi connectivity index (χ4n) is 0.962. The maximum atomic E-state index is 10.7. The predicted molar refractivity (Wildman–Crippen MR) is 53.8 cm³/mol. The largest absolute Gasteiger partial charge is 0.480 e. The van der Waals surface area contributed by atoms with Gasteiger partial charge in [-0.05, 0) is 13.1 Å². The Kier molecular flexibility index (Phi) is 3.55. The van der Waals surface area contributed by atoms with Crippen LogP contribution in [0, 0.1) is 0 Å². The summed E-state index contributed by atoms with van der Waals surface area (Å²) in [4.78, 5) is 10.7. The predicted octanol–water partition coefficient (Wildman–Crippen LogP) is 2.40. The Morgan fingerprint density at radius 1 is 1.69 bits per heavy atom. The molecule has 0 saturated heterocycles. The third-order valence-electron chi connectivity index (χ3n) is 1.53. The van der Waals surface area contributed by atoms with Crippen molar-refractivity contribution >= 4 is 40.5 Å². The van der Waals surface area contributed by atoms with Crippen LogP contribution in [0.5, 0.6) is 0 Å². The molecule has 0 amide bonds. The normalized spacial score (nSPS) is 12.8. The highest BCUT2D eigenvalue weighted by Gasteiger charge is 2.22. The van der Waals surface area contributed by atoms with Gasteiger partial charge in [0.1, 0.15) is 6.04 Å². The van der Waals surface area contributed by atoms with Crippen molar-refractivity contribution in [2.75, 3.05) is 7.05 Å². The summed E-state index contributed by atoms with van der Waals surface area (Å²) in [5, 5.41) is 11.4. The van der Waals surface area contributed by atoms with E-state index in [9.17, 15) is 4.79 Å². The first-order valence-corrected chi connectivity index (χ1v) is 4.98. The highest BCUT2D eigenvalue weighted by Crippen LogP contribution is 2.34. The first-order valence-electron chi connectivity index (χ1n) is 3.41. The summed E-state index contributed by atoms with van der Waals surface area (Å²) in [6, 6.07) is 0.764. The molecule has 72 valence electrons. The molecule has 0 spiro atoms. The topological polar surface area (TPSA) is 49.3 Å². The number of hydrogen-bond donors (Lipinski definition) is 2. The van der Waals surface area contributed by atoms with Crippen LogP contribution in [0.1, 0.15) is 11.6 Å². The van der Waals surface area contributed by atoms with E-state index < -0.39 is 12.0 Å². The molecule has 0 bridgehead atoms. The lowest BCUT2D eigenvalue weighted by molar-refractivity contribution is -0.139. The number of rotatable bonds is 3. The van der Waals surface area contributed by atoms with Gasteiger partial charge in [-0.2, -0.15) is 0 Å². The van der Waals surface area contributed by atoms with Crippen molar-refractivity contribution in [3.63, 3.8) is 0 Å². The summed E-state index contributed by atoms with van der Waals surface area (Å²) in [7, 11) is 1.56. The second-order valence-corrected chi connectivity index (χ2v) is 4.63. The van der Waals surface area contributed by atoms with Crippen LogP contribution in [0.3, 0.4) is 0 Å². The Labute approximate surface area is 89.3 Å². The molecule has 0 fully saturated rings. The summed E-state index contributed by atoms with van der Waals surface area (Å²) in [6.45, 7) is 0. The highest BCUT2D eigenvalue weighted by atomic mass is 35.5. The molecule has 0 radical (unpaired) electrons. The van der Waals surface area contributed by atoms with E-state index in [1.165, 1.54) is 0 Å². The lowest BCUT2D eigenvalue weighted by Crippen LogP contribution is -2.24. The number of carboxylic acid groups (broad SMARTS) is 1. The van der Waals surface area contributed by atoms with Crippen LogP contribution in [-0.4, -0.2) is 18.1 Å². The zero-order valence-electron chi connectivity index (χ0n) is 6.67. The summed E-state index contributed by atoms with van der Waals surface area (Å²) in [5.74, 6) is -0.973. The smallest absolute Gasteiger partial charge is 0.325 e. The van der Waals surface area contributed by atoms with E-state index in [1.807, 2.05) is 0 Å². The van der Waals surface area contributed by atoms with Crippen molar-refractivity contribution in [1.82, 2.24) is 5.32 Å². The molecule has 13 heavy (non-hydrogen) atoms. The van der Waals surface area contributed by atoms with Crippen LogP contribution in [0.2, 0.25) is 8.67 Å². The van der Waals surface area contributed by atoms with Gasteiger partial charge in [-0.1, -0.05) is 23.2 Å². The molecule has 1 atom stereocenters. The van der Waals surface area contributed by atoms with Gasteiger partial charge in [0, 0.05) is 5.56 Å². The maximum Gasteiger partial charge on any atom is 0.325 e. The zero-order chi connectivity index (χ0) is 10.0. The van der Waals surface area contributed by atoms with Crippen LogP contribution < -0.4 is 5.32 Å². The van der Waals surface area contributed by atoms with Gasteiger partial charge in [0.15, 0.2) is 0 Å². The summed E-state index contributed by atoms with van der Waals surface area (Å²) < 4.78 is 0.897. The average Bonchev–Trinajstić information content (AvgIpc) is 2.31. The molecule has 1 unspecified atom stereocenters. The number of aliphatic carboxylic acids is 1. The molecule has 2 N–H and O–H groups in total. The second-order valence-electron chi connectivity index (χ2n) is 2.34. The summed E-state index contributed by atoms with van der Waals surface area (Å²) in [6.07, 6.45) is 0. The Bertz CT molecular complexity index is 326. The number of halogens is 2. The van der Waals surface area contributed by atoms with Gasteiger partial charge in [-0.15, -0.1) is 11.3 Å². The van der Waals surface area contributed by atoms with Crippen molar-refractivity contribution in [3.05, 3.63) is 20.3 Å². The van der Waals surface area contributed by atoms with Gasteiger partial charge in [0.2, 0.25) is 0 Å². The Hall–Kier alpha value is -0.290. The van der Waals surface area contributed by atoms with E-state index in [1.54, 1.807) is 13.1 Å². The van der Waals surface area contributed by atoms with E-state index in [2.05, 4.69) is 5.32 Å². The van der Waals surface area contributed by atoms with Gasteiger partial charge in [-0.25, -0.2) is 0 Å². The van der Waals surface area contributed by atoms with Crippen molar-refractivity contribution in [2.45, 2.75) is 6.04 Å².